The Morgan fingerprint density at radius 3 is 2.29 bits per heavy atom. The lowest BCUT2D eigenvalue weighted by Crippen LogP contribution is -2.54. The van der Waals surface area contributed by atoms with Crippen molar-refractivity contribution in [2.24, 2.45) is 7.05 Å². The monoisotopic (exact) mass is 753 g/mol. The predicted molar refractivity (Wildman–Crippen MR) is 204 cm³/mol. The van der Waals surface area contributed by atoms with Crippen LogP contribution < -0.4 is 31.0 Å². The van der Waals surface area contributed by atoms with Crippen LogP contribution in [0.4, 0.5) is 0 Å². The molecule has 5 amide bonds. The van der Waals surface area contributed by atoms with Gasteiger partial charge in [0.2, 0.25) is 17.7 Å². The summed E-state index contributed by atoms with van der Waals surface area (Å²) in [7, 11) is 4.85. The predicted octanol–water partition coefficient (Wildman–Crippen LogP) is 3.53. The second-order valence-corrected chi connectivity index (χ2v) is 14.0. The molecule has 15 heteroatoms. The molecule has 4 heterocycles. The number of benzene rings is 2. The molecule has 2 aliphatic rings. The van der Waals surface area contributed by atoms with Gasteiger partial charge in [0.15, 0.2) is 0 Å². The number of nitrogens with zero attached hydrogens (tertiary/aromatic N) is 3. The van der Waals surface area contributed by atoms with Crippen molar-refractivity contribution in [2.45, 2.75) is 76.8 Å². The third kappa shape index (κ3) is 8.62. The van der Waals surface area contributed by atoms with Gasteiger partial charge in [-0.1, -0.05) is 38.2 Å². The summed E-state index contributed by atoms with van der Waals surface area (Å²) in [6.07, 6.45) is 11.5. The van der Waals surface area contributed by atoms with Crippen LogP contribution in [0.5, 0.6) is 11.5 Å². The van der Waals surface area contributed by atoms with Crippen molar-refractivity contribution in [1.82, 2.24) is 35.6 Å². The number of fused-ring (bicyclic) bond motifs is 2. The Morgan fingerprint density at radius 2 is 1.58 bits per heavy atom. The number of carbonyl (C=O) groups is 5. The molecule has 55 heavy (non-hydrogen) atoms. The second kappa shape index (κ2) is 17.5. The van der Waals surface area contributed by atoms with Gasteiger partial charge in [-0.05, 0) is 61.1 Å². The van der Waals surface area contributed by atoms with E-state index in [2.05, 4.69) is 26.1 Å². The first-order valence-electron chi connectivity index (χ1n) is 18.7. The fourth-order valence-corrected chi connectivity index (χ4v) is 7.30. The number of H-pyrrole nitrogens is 1. The minimum Gasteiger partial charge on any atom is -0.496 e. The molecule has 0 radical (unpaired) electrons. The number of nitrogens with one attached hydrogen (secondary N) is 4. The minimum absolute atomic E-state index is 0.0921. The van der Waals surface area contributed by atoms with Gasteiger partial charge in [-0.25, -0.2) is 0 Å². The molecule has 290 valence electrons. The molecule has 6 rings (SSSR count). The highest BCUT2D eigenvalue weighted by molar-refractivity contribution is 6.23. The van der Waals surface area contributed by atoms with E-state index in [9.17, 15) is 28.8 Å². The molecule has 0 bridgehead atoms. The average molecular weight is 754 g/mol. The fraction of sp³-hybridized carbons (Fsp3) is 0.425. The van der Waals surface area contributed by atoms with Crippen LogP contribution in [0.3, 0.4) is 0 Å². The number of imide groups is 2. The molecule has 2 aliphatic heterocycles. The second-order valence-electron chi connectivity index (χ2n) is 14.0. The largest absolute Gasteiger partial charge is 0.496 e. The number of pyridine rings is 1. The zero-order valence-electron chi connectivity index (χ0n) is 31.4. The van der Waals surface area contributed by atoms with Crippen molar-refractivity contribution < 1.29 is 33.4 Å². The molecule has 0 spiro atoms. The topological polar surface area (TPSA) is 194 Å². The van der Waals surface area contributed by atoms with Crippen molar-refractivity contribution >= 4 is 40.4 Å². The number of piperidine rings is 1. The van der Waals surface area contributed by atoms with E-state index in [1.54, 1.807) is 45.8 Å². The zero-order valence-corrected chi connectivity index (χ0v) is 31.4. The summed E-state index contributed by atoms with van der Waals surface area (Å²) >= 11 is 0. The molecule has 0 saturated carbocycles. The normalized spacial score (nSPS) is 15.4. The molecule has 15 nitrogen and oxygen atoms in total. The number of hydrogen-bond donors (Lipinski definition) is 4. The molecule has 1 unspecified atom stereocenters. The Morgan fingerprint density at radius 1 is 0.891 bits per heavy atom. The van der Waals surface area contributed by atoms with E-state index in [0.29, 0.717) is 46.6 Å². The van der Waals surface area contributed by atoms with Gasteiger partial charge < -0.3 is 24.7 Å². The standard InChI is InChI=1S/C40H47N7O8/c1-46-23-30(28-21-43-45-36(28)40(46)53)25-18-32(54-2)29(33(19-25)55-3)20-41-22-35(49)42-16-10-8-6-4-5-7-9-11-24-12-13-26-27(17-24)39(52)47(38(26)51)31-14-15-34(48)44-37(31)50/h12-13,17-19,21,23,31,41H,4-11,14-16,20,22H2,1-3H3,(H,42,49)(H,43,45)(H,44,48,50). The number of carbonyl (C=O) groups excluding carboxylic acids is 5. The molecule has 1 fully saturated rings. The first-order chi connectivity index (χ1) is 26.6. The van der Waals surface area contributed by atoms with E-state index in [4.69, 9.17) is 9.47 Å². The summed E-state index contributed by atoms with van der Waals surface area (Å²) in [5, 5.41) is 15.9. The van der Waals surface area contributed by atoms with E-state index in [-0.39, 0.29) is 30.9 Å². The number of rotatable bonds is 18. The summed E-state index contributed by atoms with van der Waals surface area (Å²) in [5.41, 5.74) is 4.21. The quantitative estimate of drug-likeness (QED) is 0.0863. The summed E-state index contributed by atoms with van der Waals surface area (Å²) in [6, 6.07) is 8.09. The summed E-state index contributed by atoms with van der Waals surface area (Å²) in [5.74, 6) is -0.897. The van der Waals surface area contributed by atoms with E-state index in [1.165, 1.54) is 4.57 Å². The molecule has 4 N–H and O–H groups in total. The van der Waals surface area contributed by atoms with Crippen LogP contribution in [0, 0.1) is 0 Å². The van der Waals surface area contributed by atoms with E-state index in [1.807, 2.05) is 18.2 Å². The van der Waals surface area contributed by atoms with Crippen molar-refractivity contribution in [2.75, 3.05) is 27.3 Å². The Kier molecular flexibility index (Phi) is 12.4. The van der Waals surface area contributed by atoms with Gasteiger partial charge in [-0.2, -0.15) is 5.10 Å². The number of aromatic nitrogens is 3. The van der Waals surface area contributed by atoms with E-state index < -0.39 is 29.7 Å². The number of aryl methyl sites for hydroxylation is 2. The smallest absolute Gasteiger partial charge is 0.276 e. The molecule has 4 aromatic rings. The highest BCUT2D eigenvalue weighted by atomic mass is 16.5. The van der Waals surface area contributed by atoms with Crippen molar-refractivity contribution in [3.8, 4) is 22.6 Å². The molecular formula is C40H47N7O8. The molecule has 2 aromatic heterocycles. The van der Waals surface area contributed by atoms with Gasteiger partial charge in [-0.3, -0.25) is 44.1 Å². The van der Waals surface area contributed by atoms with Crippen LogP contribution in [0.25, 0.3) is 22.0 Å². The number of aromatic amines is 1. The maximum absolute atomic E-state index is 13.1. The highest BCUT2D eigenvalue weighted by Gasteiger charge is 2.44. The van der Waals surface area contributed by atoms with Crippen molar-refractivity contribution in [1.29, 1.82) is 0 Å². The number of ether oxygens (including phenoxy) is 2. The van der Waals surface area contributed by atoms with Crippen LogP contribution in [0.15, 0.2) is 47.5 Å². The highest BCUT2D eigenvalue weighted by Crippen LogP contribution is 2.37. The zero-order chi connectivity index (χ0) is 39.1. The van der Waals surface area contributed by atoms with Gasteiger partial charge in [0, 0.05) is 49.3 Å². The lowest BCUT2D eigenvalue weighted by atomic mass is 10.0. The minimum atomic E-state index is -0.963. The fourth-order valence-electron chi connectivity index (χ4n) is 7.30. The third-order valence-electron chi connectivity index (χ3n) is 10.3. The van der Waals surface area contributed by atoms with E-state index >= 15 is 0 Å². The molecule has 0 aliphatic carbocycles. The maximum Gasteiger partial charge on any atom is 0.276 e. The number of amides is 5. The molecule has 1 atom stereocenters. The summed E-state index contributed by atoms with van der Waals surface area (Å²) < 4.78 is 12.9. The number of unbranched alkanes of at least 4 members (excludes halogenated alkanes) is 6. The summed E-state index contributed by atoms with van der Waals surface area (Å²) in [4.78, 5) is 75.8. The average Bonchev–Trinajstić information content (AvgIpc) is 3.76. The van der Waals surface area contributed by atoms with E-state index in [0.717, 1.165) is 78.5 Å². The van der Waals surface area contributed by atoms with Crippen LogP contribution in [-0.2, 0) is 34.4 Å². The van der Waals surface area contributed by atoms with Crippen LogP contribution in [-0.4, -0.2) is 82.6 Å². The van der Waals surface area contributed by atoms with Gasteiger partial charge in [0.25, 0.3) is 17.4 Å². The Labute approximate surface area is 318 Å². The first kappa shape index (κ1) is 38.9. The van der Waals surface area contributed by atoms with Gasteiger partial charge in [-0.15, -0.1) is 0 Å². The number of methoxy groups -OCH3 is 2. The maximum atomic E-state index is 13.1. The molecule has 1 saturated heterocycles. The summed E-state index contributed by atoms with van der Waals surface area (Å²) in [6.45, 7) is 1.09. The molecule has 2 aromatic carbocycles. The van der Waals surface area contributed by atoms with Gasteiger partial charge in [0.05, 0.1) is 38.1 Å². The third-order valence-corrected chi connectivity index (χ3v) is 10.3. The van der Waals surface area contributed by atoms with Crippen LogP contribution in [0.1, 0.15) is 89.6 Å². The van der Waals surface area contributed by atoms with Crippen molar-refractivity contribution in [3.63, 3.8) is 0 Å². The Hall–Kier alpha value is -5.83. The van der Waals surface area contributed by atoms with Crippen molar-refractivity contribution in [3.05, 3.63) is 75.3 Å². The van der Waals surface area contributed by atoms with Gasteiger partial charge in [0.1, 0.15) is 23.1 Å². The Balaban J connectivity index is 0.859. The Bertz CT molecular complexity index is 2150. The number of hydrogen-bond acceptors (Lipinski definition) is 10. The van der Waals surface area contributed by atoms with Crippen LogP contribution >= 0.6 is 0 Å². The lowest BCUT2D eigenvalue weighted by molar-refractivity contribution is -0.136. The van der Waals surface area contributed by atoms with Gasteiger partial charge >= 0.3 is 0 Å². The SMILES string of the molecule is COc1cc(-c2cn(C)c(=O)c3[nH]ncc23)cc(OC)c1CNCC(=O)NCCCCCCCCCc1ccc2c(c1)C(=O)N(C1CCC(=O)NC1=O)C2=O. The lowest BCUT2D eigenvalue weighted by Gasteiger charge is -2.27. The first-order valence-corrected chi connectivity index (χ1v) is 18.7. The molecular weight excluding hydrogens is 706 g/mol. The van der Waals surface area contributed by atoms with Crippen LogP contribution in [0.2, 0.25) is 0 Å².